The predicted molar refractivity (Wildman–Crippen MR) is 110 cm³/mol. The summed E-state index contributed by atoms with van der Waals surface area (Å²) in [5.41, 5.74) is 1.24. The fourth-order valence-corrected chi connectivity index (χ4v) is 3.78. The smallest absolute Gasteiger partial charge is 0.257 e. The standard InChI is InChI=1S/C21H28N4O4/c1-7-13(3)19(14(4)29-8-2)20(26)24-10-15-11-25(16(15)12-24)21-22-17(27-5)9-18(23-21)28-6/h7,9,15-16H,1,4,8,10-12H2,2-3,5-6H3. The van der Waals surface area contributed by atoms with E-state index >= 15 is 0 Å². The molecule has 2 aliphatic heterocycles. The van der Waals surface area contributed by atoms with Gasteiger partial charge in [0.15, 0.2) is 0 Å². The maximum absolute atomic E-state index is 13.2. The van der Waals surface area contributed by atoms with Gasteiger partial charge in [-0.15, -0.1) is 0 Å². The highest BCUT2D eigenvalue weighted by molar-refractivity contribution is 5.98. The van der Waals surface area contributed by atoms with Crippen LogP contribution in [0.3, 0.4) is 0 Å². The molecule has 0 aliphatic carbocycles. The normalized spacial score (nSPS) is 21.0. The average molecular weight is 400 g/mol. The third-order valence-corrected chi connectivity index (χ3v) is 5.38. The summed E-state index contributed by atoms with van der Waals surface area (Å²) in [4.78, 5) is 26.0. The maximum atomic E-state index is 13.2. The number of likely N-dealkylation sites (tertiary alicyclic amines) is 1. The molecule has 0 radical (unpaired) electrons. The SMILES string of the molecule is C=CC(C)=C(C(=C)OCC)C(=O)N1CC2CN(c3nc(OC)cc(OC)n3)C2C1. The molecule has 1 aromatic heterocycles. The van der Waals surface area contributed by atoms with Crippen LogP contribution in [0.4, 0.5) is 5.95 Å². The van der Waals surface area contributed by atoms with Crippen molar-refractivity contribution in [1.29, 1.82) is 0 Å². The van der Waals surface area contributed by atoms with E-state index in [1.807, 2.05) is 18.7 Å². The van der Waals surface area contributed by atoms with Crippen molar-refractivity contribution in [3.8, 4) is 11.8 Å². The molecule has 1 amide bonds. The fraction of sp³-hybridized carbons (Fsp3) is 0.476. The van der Waals surface area contributed by atoms with Gasteiger partial charge in [-0.05, 0) is 19.4 Å². The van der Waals surface area contributed by atoms with Crippen LogP contribution in [0.15, 0.2) is 42.2 Å². The second-order valence-corrected chi connectivity index (χ2v) is 7.06. The van der Waals surface area contributed by atoms with Crippen LogP contribution in [0, 0.1) is 5.92 Å². The Morgan fingerprint density at radius 2 is 1.90 bits per heavy atom. The number of allylic oxidation sites excluding steroid dienone is 2. The topological polar surface area (TPSA) is 77.0 Å². The number of carbonyl (C=O) groups excluding carboxylic acids is 1. The van der Waals surface area contributed by atoms with Crippen LogP contribution in [0.25, 0.3) is 0 Å². The van der Waals surface area contributed by atoms with Crippen LogP contribution in [0.2, 0.25) is 0 Å². The first-order valence-electron chi connectivity index (χ1n) is 9.61. The number of amides is 1. The number of anilines is 1. The number of aromatic nitrogens is 2. The van der Waals surface area contributed by atoms with E-state index in [0.717, 1.165) is 12.1 Å². The molecule has 2 atom stereocenters. The van der Waals surface area contributed by atoms with Crippen molar-refractivity contribution in [3.63, 3.8) is 0 Å². The Bertz CT molecular complexity index is 829. The van der Waals surface area contributed by atoms with Crippen LogP contribution in [0.5, 0.6) is 11.8 Å². The van der Waals surface area contributed by atoms with Gasteiger partial charge in [-0.25, -0.2) is 0 Å². The van der Waals surface area contributed by atoms with Crippen molar-refractivity contribution in [2.75, 3.05) is 45.4 Å². The fourth-order valence-electron chi connectivity index (χ4n) is 3.78. The summed E-state index contributed by atoms with van der Waals surface area (Å²) in [6.45, 7) is 13.9. The number of hydrogen-bond acceptors (Lipinski definition) is 7. The first kappa shape index (κ1) is 20.7. The van der Waals surface area contributed by atoms with E-state index in [-0.39, 0.29) is 11.9 Å². The average Bonchev–Trinajstić information content (AvgIpc) is 3.04. The third-order valence-electron chi connectivity index (χ3n) is 5.38. The summed E-state index contributed by atoms with van der Waals surface area (Å²) in [6.07, 6.45) is 1.66. The Balaban J connectivity index is 1.77. The van der Waals surface area contributed by atoms with Gasteiger partial charge in [-0.1, -0.05) is 19.2 Å². The molecular weight excluding hydrogens is 372 g/mol. The number of methoxy groups -OCH3 is 2. The van der Waals surface area contributed by atoms with Crippen molar-refractivity contribution in [2.45, 2.75) is 19.9 Å². The van der Waals surface area contributed by atoms with Gasteiger partial charge in [0.1, 0.15) is 5.76 Å². The first-order chi connectivity index (χ1) is 13.9. The number of fused-ring (bicyclic) bond motifs is 1. The molecule has 29 heavy (non-hydrogen) atoms. The Kier molecular flexibility index (Phi) is 6.10. The van der Waals surface area contributed by atoms with Crippen molar-refractivity contribution in [2.24, 2.45) is 5.92 Å². The number of carbonyl (C=O) groups is 1. The Morgan fingerprint density at radius 3 is 2.45 bits per heavy atom. The highest BCUT2D eigenvalue weighted by atomic mass is 16.5. The Labute approximate surface area is 171 Å². The summed E-state index contributed by atoms with van der Waals surface area (Å²) >= 11 is 0. The quantitative estimate of drug-likeness (QED) is 0.376. The van der Waals surface area contributed by atoms with Crippen molar-refractivity contribution >= 4 is 11.9 Å². The molecule has 156 valence electrons. The lowest BCUT2D eigenvalue weighted by Gasteiger charge is -2.43. The highest BCUT2D eigenvalue weighted by Gasteiger charge is 2.48. The van der Waals surface area contributed by atoms with Gasteiger partial charge >= 0.3 is 0 Å². The molecule has 1 aromatic rings. The van der Waals surface area contributed by atoms with Crippen molar-refractivity contribution < 1.29 is 19.0 Å². The minimum absolute atomic E-state index is 0.0839. The second-order valence-electron chi connectivity index (χ2n) is 7.06. The van der Waals surface area contributed by atoms with Crippen LogP contribution in [-0.4, -0.2) is 67.3 Å². The number of rotatable bonds is 8. The number of nitrogens with zero attached hydrogens (tertiary/aromatic N) is 4. The summed E-state index contributed by atoms with van der Waals surface area (Å²) < 4.78 is 16.0. The molecule has 0 bridgehead atoms. The molecular formula is C21H28N4O4. The van der Waals surface area contributed by atoms with Crippen LogP contribution in [0.1, 0.15) is 13.8 Å². The van der Waals surface area contributed by atoms with Crippen LogP contribution < -0.4 is 14.4 Å². The molecule has 3 rings (SSSR count). The minimum Gasteiger partial charge on any atom is -0.494 e. The summed E-state index contributed by atoms with van der Waals surface area (Å²) in [5, 5.41) is 0. The Morgan fingerprint density at radius 1 is 1.24 bits per heavy atom. The van der Waals surface area contributed by atoms with Gasteiger partial charge in [0, 0.05) is 25.6 Å². The molecule has 2 unspecified atom stereocenters. The summed E-state index contributed by atoms with van der Waals surface area (Å²) in [6, 6.07) is 1.79. The zero-order valence-corrected chi connectivity index (χ0v) is 17.5. The van der Waals surface area contributed by atoms with Gasteiger partial charge in [0.2, 0.25) is 17.7 Å². The summed E-state index contributed by atoms with van der Waals surface area (Å²) in [5.74, 6) is 2.10. The lowest BCUT2D eigenvalue weighted by molar-refractivity contribution is -0.126. The molecule has 0 saturated carbocycles. The monoisotopic (exact) mass is 400 g/mol. The van der Waals surface area contributed by atoms with E-state index in [9.17, 15) is 4.79 Å². The van der Waals surface area contributed by atoms with Gasteiger partial charge < -0.3 is 24.0 Å². The van der Waals surface area contributed by atoms with Gasteiger partial charge in [0.25, 0.3) is 5.91 Å². The number of hydrogen-bond donors (Lipinski definition) is 0. The molecule has 8 heteroatoms. The molecule has 2 saturated heterocycles. The zero-order chi connectivity index (χ0) is 21.1. The van der Waals surface area contributed by atoms with E-state index < -0.39 is 0 Å². The van der Waals surface area contributed by atoms with Gasteiger partial charge in [0.05, 0.1) is 38.5 Å². The maximum Gasteiger partial charge on any atom is 0.257 e. The zero-order valence-electron chi connectivity index (χ0n) is 17.5. The van der Waals surface area contributed by atoms with Crippen molar-refractivity contribution in [1.82, 2.24) is 14.9 Å². The second kappa shape index (κ2) is 8.55. The molecule has 2 fully saturated rings. The minimum atomic E-state index is -0.0839. The first-order valence-corrected chi connectivity index (χ1v) is 9.61. The highest BCUT2D eigenvalue weighted by Crippen LogP contribution is 2.37. The largest absolute Gasteiger partial charge is 0.494 e. The predicted octanol–water partition coefficient (Wildman–Crippen LogP) is 2.19. The molecule has 3 heterocycles. The lowest BCUT2D eigenvalue weighted by atomic mass is 9.93. The van der Waals surface area contributed by atoms with E-state index in [4.69, 9.17) is 14.2 Å². The molecule has 0 spiro atoms. The third kappa shape index (κ3) is 3.92. The van der Waals surface area contributed by atoms with Gasteiger partial charge in [-0.2, -0.15) is 9.97 Å². The summed E-state index contributed by atoms with van der Waals surface area (Å²) in [7, 11) is 3.11. The Hall–Kier alpha value is -3.03. The van der Waals surface area contributed by atoms with E-state index in [0.29, 0.717) is 54.7 Å². The van der Waals surface area contributed by atoms with Crippen LogP contribution >= 0.6 is 0 Å². The molecule has 8 nitrogen and oxygen atoms in total. The lowest BCUT2D eigenvalue weighted by Crippen LogP contribution is -2.56. The molecule has 2 aliphatic rings. The van der Waals surface area contributed by atoms with E-state index in [1.54, 1.807) is 26.4 Å². The van der Waals surface area contributed by atoms with Crippen LogP contribution in [-0.2, 0) is 9.53 Å². The van der Waals surface area contributed by atoms with E-state index in [2.05, 4.69) is 28.0 Å². The molecule has 0 aromatic carbocycles. The molecule has 0 N–H and O–H groups in total. The number of ether oxygens (including phenoxy) is 3. The van der Waals surface area contributed by atoms with Crippen molar-refractivity contribution in [3.05, 3.63) is 42.2 Å². The van der Waals surface area contributed by atoms with E-state index in [1.165, 1.54) is 0 Å². The van der Waals surface area contributed by atoms with Gasteiger partial charge in [-0.3, -0.25) is 4.79 Å².